The molecule has 0 saturated heterocycles. The third-order valence-corrected chi connectivity index (χ3v) is 6.99. The summed E-state index contributed by atoms with van der Waals surface area (Å²) < 4.78 is 0. The van der Waals surface area contributed by atoms with Crippen molar-refractivity contribution < 1.29 is 14.4 Å². The third-order valence-electron chi connectivity index (χ3n) is 6.99. The summed E-state index contributed by atoms with van der Waals surface area (Å²) in [7, 11) is 0. The average Bonchev–Trinajstić information content (AvgIpc) is 3.22. The van der Waals surface area contributed by atoms with Crippen molar-refractivity contribution in [3.05, 3.63) is 52.6 Å². The highest BCUT2D eigenvalue weighted by Gasteiger charge is 2.34. The molecular weight excluding hydrogens is 384 g/mol. The first-order chi connectivity index (χ1) is 14.8. The average molecular weight is 421 g/mol. The fourth-order valence-electron chi connectivity index (χ4n) is 5.67. The smallest absolute Gasteiger partial charge is 0.163 e. The Morgan fingerprint density at radius 1 is 1.16 bits per heavy atom. The van der Waals surface area contributed by atoms with Crippen LogP contribution in [0.5, 0.6) is 0 Å². The normalized spacial score (nSPS) is 19.7. The first-order valence-corrected chi connectivity index (χ1v) is 11.9. The van der Waals surface area contributed by atoms with Crippen LogP contribution in [0.1, 0.15) is 92.8 Å². The molecule has 0 N–H and O–H groups in total. The fourth-order valence-corrected chi connectivity index (χ4v) is 5.67. The molecule has 3 atom stereocenters. The van der Waals surface area contributed by atoms with Crippen molar-refractivity contribution in [2.24, 2.45) is 17.8 Å². The van der Waals surface area contributed by atoms with E-state index in [2.05, 4.69) is 37.3 Å². The monoisotopic (exact) mass is 420 g/mol. The standard InChI is InChI=1S/C28H36O3/c1-5-9-22(23(6-2)26(30)14-19(4)29)15-20-16-25-24(21-10-7-8-11-21)13-12-18(3)28(25)27(31)17-20/h7,10-13,20,22-23H,5-6,8-9,14-17H2,1-4H3. The Morgan fingerprint density at radius 3 is 2.55 bits per heavy atom. The maximum Gasteiger partial charge on any atom is 0.163 e. The summed E-state index contributed by atoms with van der Waals surface area (Å²) in [5, 5.41) is 0. The number of carbonyl (C=O) groups excluding carboxylic acids is 3. The predicted molar refractivity (Wildman–Crippen MR) is 126 cm³/mol. The van der Waals surface area contributed by atoms with Gasteiger partial charge in [0.05, 0.1) is 6.42 Å². The maximum absolute atomic E-state index is 13.2. The van der Waals surface area contributed by atoms with Gasteiger partial charge >= 0.3 is 0 Å². The van der Waals surface area contributed by atoms with Gasteiger partial charge in [0.1, 0.15) is 11.6 Å². The Balaban J connectivity index is 1.87. The van der Waals surface area contributed by atoms with Gasteiger partial charge in [0, 0.05) is 17.9 Å². The van der Waals surface area contributed by atoms with Crippen LogP contribution in [0, 0.1) is 24.7 Å². The summed E-state index contributed by atoms with van der Waals surface area (Å²) in [6, 6.07) is 4.24. The van der Waals surface area contributed by atoms with Crippen molar-refractivity contribution >= 4 is 22.9 Å². The van der Waals surface area contributed by atoms with E-state index in [1.807, 2.05) is 13.8 Å². The van der Waals surface area contributed by atoms with E-state index < -0.39 is 0 Å². The summed E-state index contributed by atoms with van der Waals surface area (Å²) in [6.07, 6.45) is 12.6. The zero-order chi connectivity index (χ0) is 22.5. The lowest BCUT2D eigenvalue weighted by Gasteiger charge is -2.32. The van der Waals surface area contributed by atoms with Crippen molar-refractivity contribution in [2.45, 2.75) is 79.1 Å². The zero-order valence-electron chi connectivity index (χ0n) is 19.5. The number of allylic oxidation sites excluding steroid dienone is 4. The lowest BCUT2D eigenvalue weighted by molar-refractivity contribution is -0.129. The van der Waals surface area contributed by atoms with Crippen molar-refractivity contribution in [3.63, 3.8) is 0 Å². The Kier molecular flexibility index (Phi) is 7.80. The molecule has 2 aliphatic rings. The maximum atomic E-state index is 13.2. The highest BCUT2D eigenvalue weighted by molar-refractivity contribution is 6.02. The summed E-state index contributed by atoms with van der Waals surface area (Å²) in [5.74, 6) is 0.666. The van der Waals surface area contributed by atoms with E-state index in [1.54, 1.807) is 0 Å². The molecule has 1 aromatic carbocycles. The molecule has 0 saturated carbocycles. The highest BCUT2D eigenvalue weighted by Crippen LogP contribution is 2.39. The second kappa shape index (κ2) is 10.3. The lowest BCUT2D eigenvalue weighted by atomic mass is 9.71. The molecule has 0 heterocycles. The Hall–Kier alpha value is -2.29. The molecule has 31 heavy (non-hydrogen) atoms. The van der Waals surface area contributed by atoms with Crippen LogP contribution in [-0.4, -0.2) is 17.3 Å². The van der Waals surface area contributed by atoms with Gasteiger partial charge in [0.25, 0.3) is 0 Å². The second-order valence-electron chi connectivity index (χ2n) is 9.42. The number of Topliss-reactive ketones (excluding diaryl/α,β-unsaturated/α-hetero) is 3. The fraction of sp³-hybridized carbons (Fsp3) is 0.536. The van der Waals surface area contributed by atoms with Crippen LogP contribution in [-0.2, 0) is 16.0 Å². The molecule has 0 amide bonds. The van der Waals surface area contributed by atoms with E-state index in [0.717, 1.165) is 49.7 Å². The van der Waals surface area contributed by atoms with Crippen LogP contribution in [0.4, 0.5) is 0 Å². The van der Waals surface area contributed by atoms with Crippen LogP contribution in [0.15, 0.2) is 30.4 Å². The van der Waals surface area contributed by atoms with Crippen molar-refractivity contribution in [3.8, 4) is 0 Å². The van der Waals surface area contributed by atoms with Gasteiger partial charge in [-0.15, -0.1) is 0 Å². The van der Waals surface area contributed by atoms with Gasteiger partial charge in [0.2, 0.25) is 0 Å². The van der Waals surface area contributed by atoms with E-state index in [0.29, 0.717) is 6.42 Å². The van der Waals surface area contributed by atoms with Crippen molar-refractivity contribution in [1.29, 1.82) is 0 Å². The highest BCUT2D eigenvalue weighted by atomic mass is 16.1. The van der Waals surface area contributed by atoms with Gasteiger partial charge in [0.15, 0.2) is 5.78 Å². The quantitative estimate of drug-likeness (QED) is 0.408. The number of benzene rings is 1. The van der Waals surface area contributed by atoms with Gasteiger partial charge in [-0.05, 0) is 73.6 Å². The lowest BCUT2D eigenvalue weighted by Crippen LogP contribution is -2.30. The molecule has 3 nitrogen and oxygen atoms in total. The second-order valence-corrected chi connectivity index (χ2v) is 9.42. The van der Waals surface area contributed by atoms with Gasteiger partial charge in [-0.3, -0.25) is 14.4 Å². The molecular formula is C28H36O3. The molecule has 0 aromatic heterocycles. The molecule has 0 spiro atoms. The number of rotatable bonds is 10. The molecule has 1 aromatic rings. The topological polar surface area (TPSA) is 51.2 Å². The van der Waals surface area contributed by atoms with E-state index in [1.165, 1.54) is 23.6 Å². The minimum Gasteiger partial charge on any atom is -0.300 e. The first-order valence-electron chi connectivity index (χ1n) is 11.9. The molecule has 3 heteroatoms. The SMILES string of the molecule is CCCC(CC1CC(=O)c2c(C)ccc(C3=CCC=C3)c2C1)C(CC)C(=O)CC(C)=O. The largest absolute Gasteiger partial charge is 0.300 e. The van der Waals surface area contributed by atoms with Crippen LogP contribution < -0.4 is 0 Å². The van der Waals surface area contributed by atoms with Crippen molar-refractivity contribution in [2.75, 3.05) is 0 Å². The van der Waals surface area contributed by atoms with Crippen LogP contribution in [0.25, 0.3) is 5.57 Å². The molecule has 2 aliphatic carbocycles. The molecule has 0 bridgehead atoms. The van der Waals surface area contributed by atoms with E-state index >= 15 is 0 Å². The Bertz CT molecular complexity index is 918. The van der Waals surface area contributed by atoms with Gasteiger partial charge in [-0.2, -0.15) is 0 Å². The summed E-state index contributed by atoms with van der Waals surface area (Å²) in [4.78, 5) is 37.5. The molecule has 166 valence electrons. The number of hydrogen-bond acceptors (Lipinski definition) is 3. The molecule has 0 fully saturated rings. The van der Waals surface area contributed by atoms with E-state index in [9.17, 15) is 14.4 Å². The molecule has 3 rings (SSSR count). The minimum atomic E-state index is -0.0854. The number of hydrogen-bond donors (Lipinski definition) is 0. The van der Waals surface area contributed by atoms with Crippen LogP contribution >= 0.6 is 0 Å². The minimum absolute atomic E-state index is 0.0367. The summed E-state index contributed by atoms with van der Waals surface area (Å²) >= 11 is 0. The Morgan fingerprint density at radius 2 is 1.94 bits per heavy atom. The Labute approximate surface area is 187 Å². The van der Waals surface area contributed by atoms with Gasteiger partial charge in [-0.1, -0.05) is 57.0 Å². The van der Waals surface area contributed by atoms with Crippen LogP contribution in [0.2, 0.25) is 0 Å². The third kappa shape index (κ3) is 5.31. The molecule has 3 unspecified atom stereocenters. The van der Waals surface area contributed by atoms with Crippen molar-refractivity contribution in [1.82, 2.24) is 0 Å². The number of carbonyl (C=O) groups is 3. The number of fused-ring (bicyclic) bond motifs is 1. The molecule has 0 radical (unpaired) electrons. The number of aryl methyl sites for hydroxylation is 1. The zero-order valence-corrected chi connectivity index (χ0v) is 19.5. The van der Waals surface area contributed by atoms with Gasteiger partial charge in [-0.25, -0.2) is 0 Å². The predicted octanol–water partition coefficient (Wildman–Crippen LogP) is 6.46. The number of ketones is 3. The van der Waals surface area contributed by atoms with Crippen LogP contribution in [0.3, 0.4) is 0 Å². The van der Waals surface area contributed by atoms with E-state index in [-0.39, 0.29) is 41.5 Å². The summed E-state index contributed by atoms with van der Waals surface area (Å²) in [5.41, 5.74) is 5.59. The summed E-state index contributed by atoms with van der Waals surface area (Å²) in [6.45, 7) is 7.73. The van der Waals surface area contributed by atoms with Gasteiger partial charge < -0.3 is 0 Å². The first kappa shape index (κ1) is 23.4. The molecule has 0 aliphatic heterocycles. The van der Waals surface area contributed by atoms with E-state index in [4.69, 9.17) is 0 Å².